The lowest BCUT2D eigenvalue weighted by Gasteiger charge is -2.22. The summed E-state index contributed by atoms with van der Waals surface area (Å²) < 4.78 is 1.91. The Labute approximate surface area is 130 Å². The molecule has 116 valence electrons. The molecule has 2 aromatic rings. The number of carbonyl (C=O) groups excluding carboxylic acids is 1. The van der Waals surface area contributed by atoms with E-state index in [0.717, 1.165) is 42.7 Å². The molecule has 0 radical (unpaired) electrons. The van der Waals surface area contributed by atoms with Gasteiger partial charge in [0.2, 0.25) is 0 Å². The Morgan fingerprint density at radius 3 is 2.77 bits per heavy atom. The third-order valence-corrected chi connectivity index (χ3v) is 3.97. The minimum Gasteiger partial charge on any atom is -0.321 e. The van der Waals surface area contributed by atoms with Gasteiger partial charge in [-0.25, -0.2) is 0 Å². The fraction of sp³-hybridized carbons (Fsp3) is 0.412. The van der Waals surface area contributed by atoms with Gasteiger partial charge in [-0.3, -0.25) is 9.48 Å². The number of nitrogens with zero attached hydrogens (tertiary/aromatic N) is 2. The molecule has 0 spiro atoms. The highest BCUT2D eigenvalue weighted by Gasteiger charge is 2.17. The first-order valence-electron chi connectivity index (χ1n) is 7.77. The molecule has 0 bridgehead atoms. The molecule has 5 heteroatoms. The van der Waals surface area contributed by atoms with E-state index in [0.29, 0.717) is 11.7 Å². The van der Waals surface area contributed by atoms with Crippen LogP contribution in [0.4, 0.5) is 5.69 Å². The van der Waals surface area contributed by atoms with Gasteiger partial charge in [0.1, 0.15) is 0 Å². The average Bonchev–Trinajstić information content (AvgIpc) is 2.97. The molecule has 1 amide bonds. The zero-order valence-electron chi connectivity index (χ0n) is 13.1. The van der Waals surface area contributed by atoms with E-state index >= 15 is 0 Å². The van der Waals surface area contributed by atoms with Crippen molar-refractivity contribution < 1.29 is 4.79 Å². The molecule has 1 saturated heterocycles. The van der Waals surface area contributed by atoms with Crippen LogP contribution < -0.4 is 10.6 Å². The molecule has 1 fully saturated rings. The zero-order chi connectivity index (χ0) is 15.5. The fourth-order valence-electron chi connectivity index (χ4n) is 2.96. The summed E-state index contributed by atoms with van der Waals surface area (Å²) in [4.78, 5) is 12.3. The maximum absolute atomic E-state index is 12.3. The SMILES string of the molecule is Cc1cc(C)cc(NC(=O)c2ccn(C3CCCNC3)n2)c1. The average molecular weight is 298 g/mol. The molecule has 1 aromatic carbocycles. The van der Waals surface area contributed by atoms with Crippen molar-refractivity contribution in [1.82, 2.24) is 15.1 Å². The summed E-state index contributed by atoms with van der Waals surface area (Å²) in [6.07, 6.45) is 4.15. The van der Waals surface area contributed by atoms with Gasteiger partial charge >= 0.3 is 0 Å². The Kier molecular flexibility index (Phi) is 4.24. The number of aromatic nitrogens is 2. The zero-order valence-corrected chi connectivity index (χ0v) is 13.1. The van der Waals surface area contributed by atoms with Crippen molar-refractivity contribution in [2.24, 2.45) is 0 Å². The Morgan fingerprint density at radius 2 is 2.09 bits per heavy atom. The number of piperidine rings is 1. The number of hydrogen-bond acceptors (Lipinski definition) is 3. The van der Waals surface area contributed by atoms with Crippen LogP contribution in [0.25, 0.3) is 0 Å². The minimum absolute atomic E-state index is 0.160. The predicted octanol–water partition coefficient (Wildman–Crippen LogP) is 2.68. The second-order valence-corrected chi connectivity index (χ2v) is 6.01. The molecule has 1 aliphatic rings. The van der Waals surface area contributed by atoms with Gasteiger partial charge in [-0.1, -0.05) is 6.07 Å². The minimum atomic E-state index is -0.160. The standard InChI is InChI=1S/C17H22N4O/c1-12-8-13(2)10-14(9-12)19-17(22)16-5-7-21(20-16)15-4-3-6-18-11-15/h5,7-10,15,18H,3-4,6,11H2,1-2H3,(H,19,22). The van der Waals surface area contributed by atoms with E-state index in [4.69, 9.17) is 0 Å². The number of aryl methyl sites for hydroxylation is 2. The van der Waals surface area contributed by atoms with Crippen molar-refractivity contribution in [3.8, 4) is 0 Å². The molecule has 1 unspecified atom stereocenters. The van der Waals surface area contributed by atoms with Gasteiger partial charge in [-0.2, -0.15) is 5.10 Å². The summed E-state index contributed by atoms with van der Waals surface area (Å²) >= 11 is 0. The maximum Gasteiger partial charge on any atom is 0.276 e. The first-order valence-corrected chi connectivity index (χ1v) is 7.77. The molecule has 1 aliphatic heterocycles. The number of rotatable bonds is 3. The summed E-state index contributed by atoms with van der Waals surface area (Å²) in [5, 5.41) is 10.7. The van der Waals surface area contributed by atoms with Crippen LogP contribution in [-0.4, -0.2) is 28.8 Å². The lowest BCUT2D eigenvalue weighted by Crippen LogP contribution is -2.32. The van der Waals surface area contributed by atoms with E-state index in [1.165, 1.54) is 0 Å². The van der Waals surface area contributed by atoms with Crippen LogP contribution in [0.1, 0.15) is 40.5 Å². The highest BCUT2D eigenvalue weighted by Crippen LogP contribution is 2.17. The molecule has 0 saturated carbocycles. The molecular weight excluding hydrogens is 276 g/mol. The van der Waals surface area contributed by atoms with E-state index in [2.05, 4.69) is 21.8 Å². The van der Waals surface area contributed by atoms with Gasteiger partial charge in [-0.15, -0.1) is 0 Å². The van der Waals surface area contributed by atoms with Crippen LogP contribution in [0.2, 0.25) is 0 Å². The highest BCUT2D eigenvalue weighted by molar-refractivity contribution is 6.02. The van der Waals surface area contributed by atoms with Crippen molar-refractivity contribution in [2.45, 2.75) is 32.7 Å². The van der Waals surface area contributed by atoms with Crippen molar-refractivity contribution in [1.29, 1.82) is 0 Å². The molecule has 1 atom stereocenters. The van der Waals surface area contributed by atoms with E-state index in [9.17, 15) is 4.79 Å². The van der Waals surface area contributed by atoms with Crippen molar-refractivity contribution >= 4 is 11.6 Å². The lowest BCUT2D eigenvalue weighted by atomic mass is 10.1. The van der Waals surface area contributed by atoms with E-state index in [-0.39, 0.29) is 5.91 Å². The Morgan fingerprint density at radius 1 is 1.32 bits per heavy atom. The van der Waals surface area contributed by atoms with Gasteiger partial charge in [-0.05, 0) is 62.6 Å². The van der Waals surface area contributed by atoms with Crippen molar-refractivity contribution in [3.05, 3.63) is 47.3 Å². The number of amides is 1. The highest BCUT2D eigenvalue weighted by atomic mass is 16.1. The van der Waals surface area contributed by atoms with Gasteiger partial charge in [0.05, 0.1) is 6.04 Å². The van der Waals surface area contributed by atoms with E-state index in [1.54, 1.807) is 6.07 Å². The topological polar surface area (TPSA) is 59.0 Å². The Balaban J connectivity index is 1.71. The summed E-state index contributed by atoms with van der Waals surface area (Å²) in [6.45, 7) is 6.03. The normalized spacial score (nSPS) is 18.2. The Hall–Kier alpha value is -2.14. The predicted molar refractivity (Wildman–Crippen MR) is 87.2 cm³/mol. The van der Waals surface area contributed by atoms with Gasteiger partial charge in [0, 0.05) is 18.4 Å². The second kappa shape index (κ2) is 6.32. The van der Waals surface area contributed by atoms with Crippen LogP contribution in [-0.2, 0) is 0 Å². The molecule has 2 heterocycles. The van der Waals surface area contributed by atoms with Gasteiger partial charge in [0.15, 0.2) is 5.69 Å². The number of hydrogen-bond donors (Lipinski definition) is 2. The van der Waals surface area contributed by atoms with E-state index in [1.807, 2.05) is 36.9 Å². The fourth-order valence-corrected chi connectivity index (χ4v) is 2.96. The number of carbonyl (C=O) groups is 1. The monoisotopic (exact) mass is 298 g/mol. The maximum atomic E-state index is 12.3. The quantitative estimate of drug-likeness (QED) is 0.916. The van der Waals surface area contributed by atoms with Crippen LogP contribution in [0.3, 0.4) is 0 Å². The van der Waals surface area contributed by atoms with E-state index < -0.39 is 0 Å². The van der Waals surface area contributed by atoms with Crippen molar-refractivity contribution in [2.75, 3.05) is 18.4 Å². The lowest BCUT2D eigenvalue weighted by molar-refractivity contribution is 0.102. The first-order chi connectivity index (χ1) is 10.6. The second-order valence-electron chi connectivity index (χ2n) is 6.01. The first kappa shape index (κ1) is 14.8. The van der Waals surface area contributed by atoms with Crippen LogP contribution in [0.5, 0.6) is 0 Å². The largest absolute Gasteiger partial charge is 0.321 e. The summed E-state index contributed by atoms with van der Waals surface area (Å²) in [5.41, 5.74) is 3.55. The summed E-state index contributed by atoms with van der Waals surface area (Å²) in [7, 11) is 0. The van der Waals surface area contributed by atoms with Gasteiger partial charge < -0.3 is 10.6 Å². The molecule has 1 aromatic heterocycles. The molecule has 2 N–H and O–H groups in total. The van der Waals surface area contributed by atoms with Crippen LogP contribution >= 0.6 is 0 Å². The Bertz CT molecular complexity index is 651. The molecule has 3 rings (SSSR count). The van der Waals surface area contributed by atoms with Gasteiger partial charge in [0.25, 0.3) is 5.91 Å². The molecular formula is C17H22N4O. The molecule has 22 heavy (non-hydrogen) atoms. The number of anilines is 1. The smallest absolute Gasteiger partial charge is 0.276 e. The number of benzene rings is 1. The van der Waals surface area contributed by atoms with Crippen LogP contribution in [0, 0.1) is 13.8 Å². The third kappa shape index (κ3) is 3.36. The van der Waals surface area contributed by atoms with Crippen LogP contribution in [0.15, 0.2) is 30.5 Å². The number of nitrogens with one attached hydrogen (secondary N) is 2. The van der Waals surface area contributed by atoms with Crippen molar-refractivity contribution in [3.63, 3.8) is 0 Å². The molecule has 5 nitrogen and oxygen atoms in total. The summed E-state index contributed by atoms with van der Waals surface area (Å²) in [6, 6.07) is 8.14. The summed E-state index contributed by atoms with van der Waals surface area (Å²) in [5.74, 6) is -0.160. The third-order valence-electron chi connectivity index (χ3n) is 3.97. The molecule has 0 aliphatic carbocycles.